The molecule has 0 fully saturated rings. The Labute approximate surface area is 128 Å². The number of nitro groups is 1. The Morgan fingerprint density at radius 2 is 2.10 bits per heavy atom. The van der Waals surface area contributed by atoms with Crippen molar-refractivity contribution in [3.63, 3.8) is 0 Å². The summed E-state index contributed by atoms with van der Waals surface area (Å²) >= 11 is 9.30. The monoisotopic (exact) mass is 351 g/mol. The van der Waals surface area contributed by atoms with Crippen molar-refractivity contribution >= 4 is 44.6 Å². The number of hydrogen-bond donors (Lipinski definition) is 1. The second-order valence-corrected chi connectivity index (χ2v) is 5.03. The largest absolute Gasteiger partial charge is 0.354 e. The zero-order valence-electron chi connectivity index (χ0n) is 9.93. The molecular formula is C13H7BrClN3O2. The van der Waals surface area contributed by atoms with Crippen LogP contribution in [0.1, 0.15) is 5.56 Å². The number of rotatable bonds is 3. The average Bonchev–Trinajstić information content (AvgIpc) is 2.43. The number of nitro benzene ring substituents is 1. The van der Waals surface area contributed by atoms with Crippen LogP contribution in [0.2, 0.25) is 5.02 Å². The van der Waals surface area contributed by atoms with E-state index in [4.69, 9.17) is 16.9 Å². The van der Waals surface area contributed by atoms with Crippen LogP contribution in [0.15, 0.2) is 40.9 Å². The Morgan fingerprint density at radius 1 is 1.35 bits per heavy atom. The van der Waals surface area contributed by atoms with Crippen molar-refractivity contribution in [1.29, 1.82) is 5.26 Å². The first-order valence-corrected chi connectivity index (χ1v) is 6.59. The highest BCUT2D eigenvalue weighted by Gasteiger charge is 2.14. The number of anilines is 2. The molecule has 0 heterocycles. The van der Waals surface area contributed by atoms with Crippen molar-refractivity contribution in [2.75, 3.05) is 5.32 Å². The van der Waals surface area contributed by atoms with Gasteiger partial charge in [0.25, 0.3) is 5.69 Å². The maximum atomic E-state index is 10.9. The molecule has 0 aliphatic heterocycles. The molecule has 0 amide bonds. The molecule has 0 aliphatic carbocycles. The smallest absolute Gasteiger partial charge is 0.289 e. The molecule has 7 heteroatoms. The Kier molecular flexibility index (Phi) is 4.23. The summed E-state index contributed by atoms with van der Waals surface area (Å²) in [4.78, 5) is 10.3. The van der Waals surface area contributed by atoms with Gasteiger partial charge in [0.15, 0.2) is 0 Å². The third kappa shape index (κ3) is 2.90. The lowest BCUT2D eigenvalue weighted by molar-refractivity contribution is -0.385. The first kappa shape index (κ1) is 14.3. The first-order valence-electron chi connectivity index (χ1n) is 5.42. The van der Waals surface area contributed by atoms with Crippen LogP contribution in [0, 0.1) is 21.4 Å². The number of nitrogens with one attached hydrogen (secondary N) is 1. The van der Waals surface area contributed by atoms with Gasteiger partial charge in [-0.3, -0.25) is 10.1 Å². The predicted octanol–water partition coefficient (Wildman–Crippen LogP) is 4.63. The molecule has 0 atom stereocenters. The van der Waals surface area contributed by atoms with E-state index in [0.717, 1.165) is 0 Å². The summed E-state index contributed by atoms with van der Waals surface area (Å²) in [5, 5.41) is 23.3. The van der Waals surface area contributed by atoms with Gasteiger partial charge in [0.2, 0.25) is 0 Å². The van der Waals surface area contributed by atoms with E-state index in [1.165, 1.54) is 12.1 Å². The van der Waals surface area contributed by atoms with Crippen molar-refractivity contribution in [2.24, 2.45) is 0 Å². The molecule has 0 spiro atoms. The fourth-order valence-electron chi connectivity index (χ4n) is 1.61. The SMILES string of the molecule is N#Cc1ccc(Nc2cccc(Cl)c2Br)cc1[N+](=O)[O-]. The van der Waals surface area contributed by atoms with Crippen LogP contribution >= 0.6 is 27.5 Å². The molecule has 2 aromatic rings. The van der Waals surface area contributed by atoms with Gasteiger partial charge in [-0.25, -0.2) is 0 Å². The first-order chi connectivity index (χ1) is 9.52. The maximum absolute atomic E-state index is 10.9. The Morgan fingerprint density at radius 3 is 2.75 bits per heavy atom. The summed E-state index contributed by atoms with van der Waals surface area (Å²) < 4.78 is 0.661. The van der Waals surface area contributed by atoms with Crippen molar-refractivity contribution < 1.29 is 4.92 Å². The highest BCUT2D eigenvalue weighted by atomic mass is 79.9. The predicted molar refractivity (Wildman–Crippen MR) is 80.2 cm³/mol. The minimum absolute atomic E-state index is 0.0192. The molecule has 0 aromatic heterocycles. The molecule has 5 nitrogen and oxygen atoms in total. The van der Waals surface area contributed by atoms with E-state index >= 15 is 0 Å². The topological polar surface area (TPSA) is 79.0 Å². The lowest BCUT2D eigenvalue weighted by atomic mass is 10.1. The van der Waals surface area contributed by atoms with E-state index in [1.807, 2.05) is 0 Å². The van der Waals surface area contributed by atoms with Gasteiger partial charge in [0.1, 0.15) is 11.6 Å². The van der Waals surface area contributed by atoms with Crippen LogP contribution in [-0.2, 0) is 0 Å². The molecule has 0 unspecified atom stereocenters. The number of nitriles is 1. The van der Waals surface area contributed by atoms with Crippen LogP contribution in [0.25, 0.3) is 0 Å². The zero-order valence-corrected chi connectivity index (χ0v) is 12.3. The van der Waals surface area contributed by atoms with E-state index in [1.54, 1.807) is 30.3 Å². The van der Waals surface area contributed by atoms with E-state index < -0.39 is 4.92 Å². The average molecular weight is 353 g/mol. The minimum Gasteiger partial charge on any atom is -0.354 e. The van der Waals surface area contributed by atoms with Gasteiger partial charge in [0.05, 0.1) is 20.1 Å². The van der Waals surface area contributed by atoms with E-state index in [0.29, 0.717) is 20.9 Å². The molecule has 1 N–H and O–H groups in total. The van der Waals surface area contributed by atoms with Crippen LogP contribution < -0.4 is 5.32 Å². The Balaban J connectivity index is 2.40. The van der Waals surface area contributed by atoms with Gasteiger partial charge in [-0.05, 0) is 40.2 Å². The number of halogens is 2. The molecule has 0 radical (unpaired) electrons. The minimum atomic E-state index is -0.587. The molecule has 2 aromatic carbocycles. The summed E-state index contributed by atoms with van der Waals surface area (Å²) in [6, 6.07) is 11.4. The molecule has 0 saturated heterocycles. The van der Waals surface area contributed by atoms with Crippen LogP contribution in [0.5, 0.6) is 0 Å². The van der Waals surface area contributed by atoms with Gasteiger partial charge in [-0.1, -0.05) is 17.7 Å². The fourth-order valence-corrected chi connectivity index (χ4v) is 2.15. The van der Waals surface area contributed by atoms with E-state index in [9.17, 15) is 10.1 Å². The third-order valence-corrected chi connectivity index (χ3v) is 3.94. The zero-order chi connectivity index (χ0) is 14.7. The molecular weight excluding hydrogens is 346 g/mol. The Bertz CT molecular complexity index is 728. The maximum Gasteiger partial charge on any atom is 0.289 e. The van der Waals surface area contributed by atoms with Gasteiger partial charge in [-0.15, -0.1) is 0 Å². The third-order valence-electron chi connectivity index (χ3n) is 2.55. The Hall–Kier alpha value is -2.10. The summed E-state index contributed by atoms with van der Waals surface area (Å²) in [5.74, 6) is 0. The number of nitrogens with zero attached hydrogens (tertiary/aromatic N) is 2. The highest BCUT2D eigenvalue weighted by Crippen LogP contribution is 2.33. The van der Waals surface area contributed by atoms with Gasteiger partial charge in [0, 0.05) is 11.8 Å². The fraction of sp³-hybridized carbons (Fsp3) is 0. The van der Waals surface area contributed by atoms with Crippen molar-refractivity contribution in [2.45, 2.75) is 0 Å². The molecule has 0 bridgehead atoms. The summed E-state index contributed by atoms with van der Waals surface area (Å²) in [6.45, 7) is 0. The molecule has 100 valence electrons. The second kappa shape index (κ2) is 5.90. The molecule has 0 saturated carbocycles. The second-order valence-electron chi connectivity index (χ2n) is 3.83. The summed E-state index contributed by atoms with van der Waals surface area (Å²) in [6.07, 6.45) is 0. The molecule has 20 heavy (non-hydrogen) atoms. The van der Waals surface area contributed by atoms with Gasteiger partial charge >= 0.3 is 0 Å². The van der Waals surface area contributed by atoms with Gasteiger partial charge < -0.3 is 5.32 Å². The lowest BCUT2D eigenvalue weighted by Gasteiger charge is -2.09. The van der Waals surface area contributed by atoms with Crippen molar-refractivity contribution in [3.8, 4) is 6.07 Å². The molecule has 0 aliphatic rings. The highest BCUT2D eigenvalue weighted by molar-refractivity contribution is 9.10. The summed E-state index contributed by atoms with van der Waals surface area (Å²) in [7, 11) is 0. The molecule has 2 rings (SSSR count). The van der Waals surface area contributed by atoms with Crippen molar-refractivity contribution in [1.82, 2.24) is 0 Å². The lowest BCUT2D eigenvalue weighted by Crippen LogP contribution is -1.96. The standard InChI is InChI=1S/C13H7BrClN3O2/c14-13-10(15)2-1-3-11(13)17-9-5-4-8(7-16)12(6-9)18(19)20/h1-6,17H. The summed E-state index contributed by atoms with van der Waals surface area (Å²) in [5.41, 5.74) is 0.955. The van der Waals surface area contributed by atoms with Gasteiger partial charge in [-0.2, -0.15) is 5.26 Å². The van der Waals surface area contributed by atoms with Crippen LogP contribution in [-0.4, -0.2) is 4.92 Å². The van der Waals surface area contributed by atoms with Crippen LogP contribution in [0.4, 0.5) is 17.1 Å². The van der Waals surface area contributed by atoms with E-state index in [-0.39, 0.29) is 11.3 Å². The number of hydrogen-bond acceptors (Lipinski definition) is 4. The van der Waals surface area contributed by atoms with Crippen LogP contribution in [0.3, 0.4) is 0 Å². The normalized spacial score (nSPS) is 9.85. The quantitative estimate of drug-likeness (QED) is 0.645. The van der Waals surface area contributed by atoms with E-state index in [2.05, 4.69) is 21.2 Å². The number of benzene rings is 2. The van der Waals surface area contributed by atoms with Crippen molar-refractivity contribution in [3.05, 3.63) is 61.6 Å².